The molecule has 1 aromatic heterocycles. The first-order valence-corrected chi connectivity index (χ1v) is 7.87. The number of hydrogen-bond acceptors (Lipinski definition) is 2. The predicted molar refractivity (Wildman–Crippen MR) is 84.4 cm³/mol. The second-order valence-corrected chi connectivity index (χ2v) is 6.39. The highest BCUT2D eigenvalue weighted by Crippen LogP contribution is 2.38. The van der Waals surface area contributed by atoms with Gasteiger partial charge in [0.1, 0.15) is 5.82 Å². The quantitative estimate of drug-likeness (QED) is 0.788. The smallest absolute Gasteiger partial charge is 0.111 e. The molecule has 0 aliphatic heterocycles. The van der Waals surface area contributed by atoms with Crippen LogP contribution in [0.5, 0.6) is 0 Å². The fourth-order valence-corrected chi connectivity index (χ4v) is 3.37. The highest BCUT2D eigenvalue weighted by Gasteiger charge is 2.40. The minimum absolute atomic E-state index is 0.296. The van der Waals surface area contributed by atoms with E-state index in [2.05, 4.69) is 47.8 Å². The van der Waals surface area contributed by atoms with Gasteiger partial charge in [0.15, 0.2) is 0 Å². The van der Waals surface area contributed by atoms with Crippen LogP contribution in [0.1, 0.15) is 25.1 Å². The van der Waals surface area contributed by atoms with Gasteiger partial charge < -0.3 is 9.47 Å². The largest absolute Gasteiger partial charge is 0.326 e. The van der Waals surface area contributed by atoms with Crippen molar-refractivity contribution in [2.75, 3.05) is 20.0 Å². The molecule has 0 N–H and O–H groups in total. The van der Waals surface area contributed by atoms with E-state index in [1.165, 1.54) is 24.8 Å². The number of aryl methyl sites for hydroxylation is 1. The molecule has 0 unspecified atom stereocenters. The molecule has 3 nitrogen and oxygen atoms in total. The van der Waals surface area contributed by atoms with Gasteiger partial charge in [-0.15, -0.1) is 11.6 Å². The lowest BCUT2D eigenvalue weighted by molar-refractivity contribution is 0.0428. The van der Waals surface area contributed by atoms with Crippen molar-refractivity contribution >= 4 is 22.6 Å². The Balaban J connectivity index is 2.02. The van der Waals surface area contributed by atoms with E-state index in [9.17, 15) is 0 Å². The van der Waals surface area contributed by atoms with Crippen LogP contribution in [-0.4, -0.2) is 40.0 Å². The molecule has 0 spiro atoms. The fourth-order valence-electron chi connectivity index (χ4n) is 3.20. The maximum atomic E-state index is 5.95. The monoisotopic (exact) mass is 291 g/mol. The molecule has 108 valence electrons. The van der Waals surface area contributed by atoms with Crippen molar-refractivity contribution in [3.63, 3.8) is 0 Å². The van der Waals surface area contributed by atoms with Crippen LogP contribution in [0.15, 0.2) is 24.3 Å². The summed E-state index contributed by atoms with van der Waals surface area (Å²) >= 11 is 5.95. The van der Waals surface area contributed by atoms with E-state index >= 15 is 0 Å². The summed E-state index contributed by atoms with van der Waals surface area (Å²) in [5, 5.41) is 0. The second-order valence-electron chi connectivity index (χ2n) is 6.01. The van der Waals surface area contributed by atoms with Crippen molar-refractivity contribution in [2.24, 2.45) is 0 Å². The van der Waals surface area contributed by atoms with E-state index in [1.54, 1.807) is 0 Å². The number of nitrogens with zero attached hydrogens (tertiary/aromatic N) is 3. The zero-order chi connectivity index (χ0) is 14.2. The molecule has 4 heteroatoms. The van der Waals surface area contributed by atoms with Gasteiger partial charge in [-0.3, -0.25) is 0 Å². The fraction of sp³-hybridized carbons (Fsp3) is 0.562. The van der Waals surface area contributed by atoms with Crippen LogP contribution in [0.3, 0.4) is 0 Å². The van der Waals surface area contributed by atoms with Crippen LogP contribution in [0.25, 0.3) is 11.0 Å². The van der Waals surface area contributed by atoms with Gasteiger partial charge in [0.05, 0.1) is 11.0 Å². The molecule has 1 aliphatic carbocycles. The molecule has 1 aliphatic rings. The summed E-state index contributed by atoms with van der Waals surface area (Å²) in [7, 11) is 4.39. The van der Waals surface area contributed by atoms with Crippen LogP contribution in [0.2, 0.25) is 0 Å². The summed E-state index contributed by atoms with van der Waals surface area (Å²) in [6, 6.07) is 8.40. The van der Waals surface area contributed by atoms with Gasteiger partial charge in [-0.2, -0.15) is 0 Å². The summed E-state index contributed by atoms with van der Waals surface area (Å²) in [5.41, 5.74) is 2.62. The molecule has 0 atom stereocenters. The number of hydrogen-bond donors (Lipinski definition) is 0. The van der Waals surface area contributed by atoms with Crippen LogP contribution in [0.4, 0.5) is 0 Å². The lowest BCUT2D eigenvalue weighted by atomic mass is 9.75. The first-order chi connectivity index (χ1) is 9.66. The third-order valence-corrected chi connectivity index (χ3v) is 4.93. The molecule has 1 aromatic carbocycles. The zero-order valence-corrected chi connectivity index (χ0v) is 13.0. The van der Waals surface area contributed by atoms with Crippen LogP contribution >= 0.6 is 11.6 Å². The molecule has 20 heavy (non-hydrogen) atoms. The highest BCUT2D eigenvalue weighted by atomic mass is 35.5. The Kier molecular flexibility index (Phi) is 3.74. The van der Waals surface area contributed by atoms with Gasteiger partial charge in [0.2, 0.25) is 0 Å². The molecule has 3 rings (SSSR count). The number of halogens is 1. The molecule has 0 amide bonds. The van der Waals surface area contributed by atoms with E-state index in [4.69, 9.17) is 16.6 Å². The molecule has 2 aromatic rings. The van der Waals surface area contributed by atoms with Crippen molar-refractivity contribution in [3.8, 4) is 0 Å². The minimum atomic E-state index is 0.296. The second kappa shape index (κ2) is 5.38. The average molecular weight is 292 g/mol. The number of imidazole rings is 1. The van der Waals surface area contributed by atoms with Gasteiger partial charge in [0, 0.05) is 24.4 Å². The first-order valence-electron chi connectivity index (χ1n) is 7.34. The average Bonchev–Trinajstić information content (AvgIpc) is 2.71. The van der Waals surface area contributed by atoms with Crippen LogP contribution < -0.4 is 0 Å². The molecule has 1 saturated carbocycles. The normalized spacial score (nSPS) is 17.6. The van der Waals surface area contributed by atoms with Crippen molar-refractivity contribution < 1.29 is 0 Å². The summed E-state index contributed by atoms with van der Waals surface area (Å²) in [4.78, 5) is 7.15. The number of aromatic nitrogens is 2. The van der Waals surface area contributed by atoms with Gasteiger partial charge in [-0.25, -0.2) is 4.98 Å². The van der Waals surface area contributed by atoms with Crippen molar-refractivity contribution in [2.45, 2.75) is 37.8 Å². The number of para-hydroxylation sites is 2. The van der Waals surface area contributed by atoms with E-state index in [-0.39, 0.29) is 0 Å². The molecule has 1 heterocycles. The Morgan fingerprint density at radius 2 is 2.05 bits per heavy atom. The highest BCUT2D eigenvalue weighted by molar-refractivity contribution is 6.17. The minimum Gasteiger partial charge on any atom is -0.326 e. The molecular formula is C16H22ClN3. The number of benzene rings is 1. The summed E-state index contributed by atoms with van der Waals surface area (Å²) in [6.45, 7) is 1.02. The number of fused-ring (bicyclic) bond motifs is 1. The maximum Gasteiger partial charge on any atom is 0.111 e. The number of alkyl halides is 1. The molecule has 1 fully saturated rings. The van der Waals surface area contributed by atoms with Gasteiger partial charge in [-0.05, 0) is 45.5 Å². The molecular weight excluding hydrogens is 270 g/mol. The number of likely N-dealkylation sites (N-methyl/N-ethyl adjacent to an activating group) is 1. The number of rotatable bonds is 5. The van der Waals surface area contributed by atoms with Gasteiger partial charge in [0.25, 0.3) is 0 Å². The Hall–Kier alpha value is -1.06. The Morgan fingerprint density at radius 1 is 1.30 bits per heavy atom. The van der Waals surface area contributed by atoms with Gasteiger partial charge >= 0.3 is 0 Å². The Bertz CT molecular complexity index is 599. The molecule has 0 saturated heterocycles. The van der Waals surface area contributed by atoms with Crippen molar-refractivity contribution in [1.82, 2.24) is 14.5 Å². The SMILES string of the molecule is CN(C)C1(Cn2c(CCCl)nc3ccccc32)CCC1. The van der Waals surface area contributed by atoms with Crippen LogP contribution in [0, 0.1) is 0 Å². The zero-order valence-electron chi connectivity index (χ0n) is 12.3. The van der Waals surface area contributed by atoms with Crippen molar-refractivity contribution in [1.29, 1.82) is 0 Å². The first kappa shape index (κ1) is 13.9. The van der Waals surface area contributed by atoms with E-state index in [0.29, 0.717) is 11.4 Å². The van der Waals surface area contributed by atoms with Gasteiger partial charge in [-0.1, -0.05) is 12.1 Å². The lowest BCUT2D eigenvalue weighted by Gasteiger charge is -2.47. The molecule has 0 bridgehead atoms. The third kappa shape index (κ3) is 2.23. The predicted octanol–water partition coefficient (Wildman–Crippen LogP) is 3.30. The maximum absolute atomic E-state index is 5.95. The summed E-state index contributed by atoms with van der Waals surface area (Å²) in [6.07, 6.45) is 4.70. The molecule has 0 radical (unpaired) electrons. The van der Waals surface area contributed by atoms with E-state index < -0.39 is 0 Å². The van der Waals surface area contributed by atoms with E-state index in [0.717, 1.165) is 24.3 Å². The topological polar surface area (TPSA) is 21.1 Å². The summed E-state index contributed by atoms with van der Waals surface area (Å²) < 4.78 is 2.39. The van der Waals surface area contributed by atoms with E-state index in [1.807, 2.05) is 0 Å². The van der Waals surface area contributed by atoms with Crippen molar-refractivity contribution in [3.05, 3.63) is 30.1 Å². The Morgan fingerprint density at radius 3 is 2.65 bits per heavy atom. The Labute approximate surface area is 125 Å². The van der Waals surface area contributed by atoms with Crippen LogP contribution in [-0.2, 0) is 13.0 Å². The lowest BCUT2D eigenvalue weighted by Crippen LogP contribution is -2.53. The third-order valence-electron chi connectivity index (χ3n) is 4.74. The standard InChI is InChI=1S/C16H22ClN3/c1-19(2)16(9-5-10-16)12-20-14-7-4-3-6-13(14)18-15(20)8-11-17/h3-4,6-7H,5,8-12H2,1-2H3. The summed E-state index contributed by atoms with van der Waals surface area (Å²) in [5.74, 6) is 1.74.